The van der Waals surface area contributed by atoms with Gasteiger partial charge in [0.15, 0.2) is 0 Å². The number of halogens is 3. The third kappa shape index (κ3) is 3.01. The van der Waals surface area contributed by atoms with Gasteiger partial charge in [-0.1, -0.05) is 39.7 Å². The molecule has 2 aromatic carbocycles. The van der Waals surface area contributed by atoms with Crippen LogP contribution in [0.15, 0.2) is 36.4 Å². The summed E-state index contributed by atoms with van der Waals surface area (Å²) in [5, 5.41) is 0. The molecule has 1 atom stereocenters. The fourth-order valence-corrected chi connectivity index (χ4v) is 2.86. The number of hydrogen-bond donors (Lipinski definition) is 0. The van der Waals surface area contributed by atoms with Crippen molar-refractivity contribution in [3.8, 4) is 5.75 Å². The van der Waals surface area contributed by atoms with Crippen molar-refractivity contribution in [2.45, 2.75) is 18.7 Å². The number of hydrogen-bond acceptors (Lipinski definition) is 1. The summed E-state index contributed by atoms with van der Waals surface area (Å²) in [7, 11) is 0. The lowest BCUT2D eigenvalue weighted by molar-refractivity contribution is 0.336. The molecule has 0 heterocycles. The third-order valence-corrected chi connectivity index (χ3v) is 3.94. The van der Waals surface area contributed by atoms with Gasteiger partial charge in [0.1, 0.15) is 17.4 Å². The number of aryl methyl sites for hydroxylation is 1. The van der Waals surface area contributed by atoms with E-state index in [0.717, 1.165) is 11.1 Å². The van der Waals surface area contributed by atoms with E-state index in [9.17, 15) is 8.78 Å². The van der Waals surface area contributed by atoms with E-state index in [1.165, 1.54) is 18.2 Å². The van der Waals surface area contributed by atoms with Gasteiger partial charge in [-0.3, -0.25) is 0 Å². The average Bonchev–Trinajstić information content (AvgIpc) is 2.40. The maximum atomic E-state index is 13.9. The largest absolute Gasteiger partial charge is 0.494 e. The molecule has 0 aliphatic rings. The molecule has 2 aromatic rings. The van der Waals surface area contributed by atoms with Gasteiger partial charge < -0.3 is 4.74 Å². The van der Waals surface area contributed by atoms with Gasteiger partial charge in [-0.25, -0.2) is 8.78 Å². The van der Waals surface area contributed by atoms with E-state index in [0.29, 0.717) is 12.4 Å². The molecule has 0 aliphatic heterocycles. The van der Waals surface area contributed by atoms with E-state index in [1.54, 1.807) is 0 Å². The molecule has 0 aliphatic carbocycles. The van der Waals surface area contributed by atoms with Crippen molar-refractivity contribution in [3.05, 3.63) is 64.7 Å². The Morgan fingerprint density at radius 3 is 2.40 bits per heavy atom. The summed E-state index contributed by atoms with van der Waals surface area (Å²) in [4.78, 5) is -0.592. The van der Waals surface area contributed by atoms with Gasteiger partial charge >= 0.3 is 0 Å². The highest BCUT2D eigenvalue weighted by atomic mass is 79.9. The van der Waals surface area contributed by atoms with E-state index >= 15 is 0 Å². The first-order chi connectivity index (χ1) is 9.54. The Hall–Kier alpha value is -1.42. The zero-order valence-electron chi connectivity index (χ0n) is 11.3. The SMILES string of the molecule is CCOc1ccc(C)cc1C(Br)c1c(F)cccc1F. The zero-order chi connectivity index (χ0) is 14.7. The van der Waals surface area contributed by atoms with Crippen LogP contribution in [0, 0.1) is 18.6 Å². The van der Waals surface area contributed by atoms with E-state index < -0.39 is 16.5 Å². The fourth-order valence-electron chi connectivity index (χ4n) is 2.06. The number of benzene rings is 2. The maximum absolute atomic E-state index is 13.9. The summed E-state index contributed by atoms with van der Waals surface area (Å²) in [6.45, 7) is 4.29. The summed E-state index contributed by atoms with van der Waals surface area (Å²) < 4.78 is 33.3. The second-order valence-electron chi connectivity index (χ2n) is 4.47. The van der Waals surface area contributed by atoms with Crippen LogP contribution < -0.4 is 4.74 Å². The van der Waals surface area contributed by atoms with Crippen molar-refractivity contribution in [3.63, 3.8) is 0 Å². The third-order valence-electron chi connectivity index (χ3n) is 2.99. The summed E-state index contributed by atoms with van der Waals surface area (Å²) in [6, 6.07) is 9.46. The molecule has 0 aromatic heterocycles. The summed E-state index contributed by atoms with van der Waals surface area (Å²) in [5.74, 6) is -0.519. The highest BCUT2D eigenvalue weighted by molar-refractivity contribution is 9.09. The minimum absolute atomic E-state index is 0.000877. The molecular formula is C16H15BrF2O. The molecule has 20 heavy (non-hydrogen) atoms. The van der Waals surface area contributed by atoms with Crippen LogP contribution in [-0.4, -0.2) is 6.61 Å². The molecule has 0 amide bonds. The first-order valence-electron chi connectivity index (χ1n) is 6.36. The molecule has 0 bridgehead atoms. The Morgan fingerprint density at radius 1 is 1.15 bits per heavy atom. The van der Waals surface area contributed by atoms with Gasteiger partial charge in [0.05, 0.1) is 11.4 Å². The Balaban J connectivity index is 2.52. The highest BCUT2D eigenvalue weighted by Gasteiger charge is 2.22. The predicted molar refractivity (Wildman–Crippen MR) is 79.5 cm³/mol. The smallest absolute Gasteiger partial charge is 0.130 e. The Labute approximate surface area is 125 Å². The molecule has 106 valence electrons. The Morgan fingerprint density at radius 2 is 1.80 bits per heavy atom. The van der Waals surface area contributed by atoms with Crippen LogP contribution in [0.1, 0.15) is 28.4 Å². The second-order valence-corrected chi connectivity index (χ2v) is 5.39. The monoisotopic (exact) mass is 340 g/mol. The molecule has 1 unspecified atom stereocenters. The van der Waals surface area contributed by atoms with Gasteiger partial charge in [-0.15, -0.1) is 0 Å². The summed E-state index contributed by atoms with van der Waals surface area (Å²) in [5.41, 5.74) is 1.72. The normalized spacial score (nSPS) is 12.2. The molecule has 2 rings (SSSR count). The summed E-state index contributed by atoms with van der Waals surface area (Å²) in [6.07, 6.45) is 0. The average molecular weight is 341 g/mol. The molecule has 0 N–H and O–H groups in total. The van der Waals surface area contributed by atoms with Crippen LogP contribution in [0.3, 0.4) is 0 Å². The molecule has 0 fully saturated rings. The fraction of sp³-hybridized carbons (Fsp3) is 0.250. The van der Waals surface area contributed by atoms with Crippen molar-refractivity contribution in [1.82, 2.24) is 0 Å². The lowest BCUT2D eigenvalue weighted by Gasteiger charge is -2.17. The second kappa shape index (κ2) is 6.35. The molecule has 0 saturated carbocycles. The minimum atomic E-state index is -0.592. The van der Waals surface area contributed by atoms with Gasteiger partial charge in [0.2, 0.25) is 0 Å². The van der Waals surface area contributed by atoms with Crippen molar-refractivity contribution >= 4 is 15.9 Å². The van der Waals surface area contributed by atoms with Gasteiger partial charge in [0, 0.05) is 11.1 Å². The summed E-state index contributed by atoms with van der Waals surface area (Å²) >= 11 is 3.39. The van der Waals surface area contributed by atoms with Crippen LogP contribution in [-0.2, 0) is 0 Å². The topological polar surface area (TPSA) is 9.23 Å². The van der Waals surface area contributed by atoms with Crippen LogP contribution in [0.4, 0.5) is 8.78 Å². The standard InChI is InChI=1S/C16H15BrF2O/c1-3-20-14-8-7-10(2)9-11(14)16(17)15-12(18)5-4-6-13(15)19/h4-9,16H,3H2,1-2H3. The lowest BCUT2D eigenvalue weighted by Crippen LogP contribution is -2.04. The van der Waals surface area contributed by atoms with E-state index in [1.807, 2.05) is 32.0 Å². The van der Waals surface area contributed by atoms with E-state index in [2.05, 4.69) is 15.9 Å². The quantitative estimate of drug-likeness (QED) is 0.699. The maximum Gasteiger partial charge on any atom is 0.130 e. The molecule has 0 radical (unpaired) electrons. The molecule has 0 saturated heterocycles. The molecule has 4 heteroatoms. The van der Waals surface area contributed by atoms with Crippen LogP contribution in [0.2, 0.25) is 0 Å². The van der Waals surface area contributed by atoms with E-state index in [-0.39, 0.29) is 5.56 Å². The zero-order valence-corrected chi connectivity index (χ0v) is 12.9. The van der Waals surface area contributed by atoms with E-state index in [4.69, 9.17) is 4.74 Å². The highest BCUT2D eigenvalue weighted by Crippen LogP contribution is 2.39. The van der Waals surface area contributed by atoms with Crippen molar-refractivity contribution in [2.24, 2.45) is 0 Å². The first kappa shape index (κ1) is 15.0. The van der Waals surface area contributed by atoms with Crippen LogP contribution in [0.25, 0.3) is 0 Å². The Kier molecular flexibility index (Phi) is 4.76. The molecule has 0 spiro atoms. The predicted octanol–water partition coefficient (Wildman–Crippen LogP) is 5.16. The molecule has 1 nitrogen and oxygen atoms in total. The first-order valence-corrected chi connectivity index (χ1v) is 7.27. The van der Waals surface area contributed by atoms with Crippen LogP contribution >= 0.6 is 15.9 Å². The van der Waals surface area contributed by atoms with Crippen molar-refractivity contribution < 1.29 is 13.5 Å². The van der Waals surface area contributed by atoms with Crippen molar-refractivity contribution in [1.29, 1.82) is 0 Å². The van der Waals surface area contributed by atoms with Gasteiger partial charge in [-0.2, -0.15) is 0 Å². The lowest BCUT2D eigenvalue weighted by atomic mass is 10.0. The molecular weight excluding hydrogens is 326 g/mol. The van der Waals surface area contributed by atoms with Gasteiger partial charge in [0.25, 0.3) is 0 Å². The van der Waals surface area contributed by atoms with Crippen molar-refractivity contribution in [2.75, 3.05) is 6.61 Å². The van der Waals surface area contributed by atoms with Crippen LogP contribution in [0.5, 0.6) is 5.75 Å². The number of rotatable bonds is 4. The van der Waals surface area contributed by atoms with Gasteiger partial charge in [-0.05, 0) is 32.0 Å². The number of ether oxygens (including phenoxy) is 1. The Bertz CT molecular complexity index is 593. The number of alkyl halides is 1. The minimum Gasteiger partial charge on any atom is -0.494 e.